The van der Waals surface area contributed by atoms with E-state index in [2.05, 4.69) is 259 Å². The summed E-state index contributed by atoms with van der Waals surface area (Å²) < 4.78 is 0. The normalized spacial score (nSPS) is 11.9. The third-order valence-electron chi connectivity index (χ3n) is 12.1. The van der Waals surface area contributed by atoms with Crippen molar-refractivity contribution in [1.29, 1.82) is 0 Å². The minimum absolute atomic E-state index is 0.170. The second-order valence-corrected chi connectivity index (χ2v) is 20.1. The van der Waals surface area contributed by atoms with Gasteiger partial charge in [-0.1, -0.05) is 174 Å². The SMILES string of the molecule is Cc1ccc(N(c2cccc(CC(C)(C)C)c2)c2ccc3c(-c4ccccc4)c4cc(N(c5ccc(C)cc5)c5cccc(CC(C)(C)C)c5)ccc4c(-c4ccccc4)c3c2)cc1. The van der Waals surface area contributed by atoms with Gasteiger partial charge in [-0.15, -0.1) is 0 Å². The van der Waals surface area contributed by atoms with Gasteiger partial charge in [0.2, 0.25) is 0 Å². The molecule has 0 amide bonds. The molecule has 0 saturated carbocycles. The predicted molar refractivity (Wildman–Crippen MR) is 277 cm³/mol. The van der Waals surface area contributed by atoms with E-state index in [0.717, 1.165) is 47.0 Å². The molecule has 0 atom stereocenters. The van der Waals surface area contributed by atoms with E-state index in [4.69, 9.17) is 0 Å². The summed E-state index contributed by atoms with van der Waals surface area (Å²) in [5.41, 5.74) is 17.2. The first-order valence-corrected chi connectivity index (χ1v) is 22.8. The average molecular weight is 833 g/mol. The van der Waals surface area contributed by atoms with Gasteiger partial charge in [-0.3, -0.25) is 0 Å². The van der Waals surface area contributed by atoms with E-state index in [0.29, 0.717) is 0 Å². The molecule has 64 heavy (non-hydrogen) atoms. The van der Waals surface area contributed by atoms with Crippen molar-refractivity contribution in [3.63, 3.8) is 0 Å². The first kappa shape index (κ1) is 42.4. The Labute approximate surface area is 381 Å². The van der Waals surface area contributed by atoms with Gasteiger partial charge in [0.1, 0.15) is 0 Å². The lowest BCUT2D eigenvalue weighted by atomic mass is 9.85. The first-order chi connectivity index (χ1) is 30.8. The Morgan fingerprint density at radius 2 is 0.656 bits per heavy atom. The van der Waals surface area contributed by atoms with Gasteiger partial charge in [0.15, 0.2) is 0 Å². The molecule has 0 N–H and O–H groups in total. The largest absolute Gasteiger partial charge is 0.310 e. The first-order valence-electron chi connectivity index (χ1n) is 22.8. The molecule has 9 rings (SSSR count). The van der Waals surface area contributed by atoms with Crippen molar-refractivity contribution in [3.05, 3.63) is 216 Å². The second-order valence-electron chi connectivity index (χ2n) is 20.1. The second kappa shape index (κ2) is 17.3. The maximum Gasteiger partial charge on any atom is 0.0468 e. The summed E-state index contributed by atoms with van der Waals surface area (Å²) in [6.07, 6.45) is 1.99. The van der Waals surface area contributed by atoms with Crippen molar-refractivity contribution in [1.82, 2.24) is 0 Å². The number of benzene rings is 9. The molecule has 318 valence electrons. The van der Waals surface area contributed by atoms with Crippen LogP contribution in [0.2, 0.25) is 0 Å². The van der Waals surface area contributed by atoms with E-state index < -0.39 is 0 Å². The Hall–Kier alpha value is -6.90. The number of nitrogens with zero attached hydrogens (tertiary/aromatic N) is 2. The van der Waals surface area contributed by atoms with Gasteiger partial charge in [0, 0.05) is 34.1 Å². The Balaban J connectivity index is 1.33. The predicted octanol–water partition coefficient (Wildman–Crippen LogP) is 18.1. The van der Waals surface area contributed by atoms with Crippen LogP contribution in [0.15, 0.2) is 194 Å². The Bertz CT molecular complexity index is 2850. The number of anilines is 6. The molecule has 0 spiro atoms. The monoisotopic (exact) mass is 832 g/mol. The van der Waals surface area contributed by atoms with E-state index in [1.807, 2.05) is 0 Å². The summed E-state index contributed by atoms with van der Waals surface area (Å²) in [6, 6.07) is 72.4. The Morgan fingerprint density at radius 3 is 1.02 bits per heavy atom. The van der Waals surface area contributed by atoms with Gasteiger partial charge < -0.3 is 9.80 Å². The van der Waals surface area contributed by atoms with E-state index in [1.165, 1.54) is 66.1 Å². The number of fused-ring (bicyclic) bond motifs is 2. The van der Waals surface area contributed by atoms with Crippen LogP contribution in [0.1, 0.15) is 63.8 Å². The van der Waals surface area contributed by atoms with Crippen molar-refractivity contribution in [2.24, 2.45) is 10.8 Å². The molecule has 0 aliphatic carbocycles. The van der Waals surface area contributed by atoms with Crippen LogP contribution in [-0.4, -0.2) is 0 Å². The van der Waals surface area contributed by atoms with Gasteiger partial charge in [0.25, 0.3) is 0 Å². The zero-order valence-corrected chi connectivity index (χ0v) is 38.8. The molecule has 9 aromatic carbocycles. The van der Waals surface area contributed by atoms with Crippen molar-refractivity contribution >= 4 is 55.7 Å². The Kier molecular flexibility index (Phi) is 11.5. The summed E-state index contributed by atoms with van der Waals surface area (Å²) in [4.78, 5) is 4.87. The van der Waals surface area contributed by atoms with Gasteiger partial charge in [0.05, 0.1) is 0 Å². The molecule has 2 nitrogen and oxygen atoms in total. The van der Waals surface area contributed by atoms with Gasteiger partial charge in [-0.2, -0.15) is 0 Å². The summed E-state index contributed by atoms with van der Waals surface area (Å²) in [5.74, 6) is 0. The molecule has 0 aliphatic rings. The van der Waals surface area contributed by atoms with Gasteiger partial charge in [-0.25, -0.2) is 0 Å². The quantitative estimate of drug-likeness (QED) is 0.127. The fraction of sp³-hybridized carbons (Fsp3) is 0.194. The molecule has 0 unspecified atom stereocenters. The van der Waals surface area contributed by atoms with Crippen LogP contribution in [0.25, 0.3) is 43.8 Å². The Morgan fingerprint density at radius 1 is 0.312 bits per heavy atom. The van der Waals surface area contributed by atoms with Crippen LogP contribution in [-0.2, 0) is 12.8 Å². The average Bonchev–Trinajstić information content (AvgIpc) is 3.27. The fourth-order valence-corrected chi connectivity index (χ4v) is 9.43. The van der Waals surface area contributed by atoms with Crippen LogP contribution in [0.4, 0.5) is 34.1 Å². The molecule has 2 heteroatoms. The maximum atomic E-state index is 2.44. The van der Waals surface area contributed by atoms with E-state index in [9.17, 15) is 0 Å². The van der Waals surface area contributed by atoms with Crippen LogP contribution < -0.4 is 9.80 Å². The minimum Gasteiger partial charge on any atom is -0.310 e. The van der Waals surface area contributed by atoms with E-state index in [1.54, 1.807) is 0 Å². The van der Waals surface area contributed by atoms with Gasteiger partial charge in [-0.05, 0) is 165 Å². The highest BCUT2D eigenvalue weighted by molar-refractivity contribution is 6.22. The summed E-state index contributed by atoms with van der Waals surface area (Å²) >= 11 is 0. The van der Waals surface area contributed by atoms with Crippen LogP contribution >= 0.6 is 0 Å². The van der Waals surface area contributed by atoms with Gasteiger partial charge >= 0.3 is 0 Å². The van der Waals surface area contributed by atoms with Crippen molar-refractivity contribution in [2.45, 2.75) is 68.2 Å². The summed E-state index contributed by atoms with van der Waals surface area (Å²) in [6.45, 7) is 18.2. The third kappa shape index (κ3) is 9.10. The molecule has 0 heterocycles. The topological polar surface area (TPSA) is 6.48 Å². The third-order valence-corrected chi connectivity index (χ3v) is 12.1. The zero-order chi connectivity index (χ0) is 44.6. The lowest BCUT2D eigenvalue weighted by Crippen LogP contribution is -2.13. The molecule has 0 fully saturated rings. The molecule has 0 saturated heterocycles. The number of rotatable bonds is 10. The lowest BCUT2D eigenvalue weighted by molar-refractivity contribution is 0.411. The highest BCUT2D eigenvalue weighted by Gasteiger charge is 2.23. The van der Waals surface area contributed by atoms with Crippen LogP contribution in [0.5, 0.6) is 0 Å². The molecule has 0 aromatic heterocycles. The highest BCUT2D eigenvalue weighted by Crippen LogP contribution is 2.48. The fourth-order valence-electron chi connectivity index (χ4n) is 9.43. The minimum atomic E-state index is 0.170. The molecule has 0 radical (unpaired) electrons. The van der Waals surface area contributed by atoms with Crippen molar-refractivity contribution in [2.75, 3.05) is 9.80 Å². The van der Waals surface area contributed by atoms with E-state index >= 15 is 0 Å². The molecule has 0 bridgehead atoms. The molecule has 0 aliphatic heterocycles. The summed E-state index contributed by atoms with van der Waals surface area (Å²) in [5, 5.41) is 4.88. The zero-order valence-electron chi connectivity index (χ0n) is 38.8. The van der Waals surface area contributed by atoms with Crippen LogP contribution in [0.3, 0.4) is 0 Å². The van der Waals surface area contributed by atoms with E-state index in [-0.39, 0.29) is 10.8 Å². The molecule has 9 aromatic rings. The molecular formula is C62H60N2. The van der Waals surface area contributed by atoms with Crippen molar-refractivity contribution in [3.8, 4) is 22.3 Å². The maximum absolute atomic E-state index is 2.44. The van der Waals surface area contributed by atoms with Crippen molar-refractivity contribution < 1.29 is 0 Å². The lowest BCUT2D eigenvalue weighted by Gasteiger charge is -2.29. The number of hydrogen-bond acceptors (Lipinski definition) is 2. The smallest absolute Gasteiger partial charge is 0.0468 e. The number of aryl methyl sites for hydroxylation is 2. The van der Waals surface area contributed by atoms with Crippen LogP contribution in [0, 0.1) is 24.7 Å². The standard InChI is InChI=1S/C62H60N2/c1-43-25-29-49(30-26-43)63(51-23-15-17-45(37-51)41-61(3,4)5)53-33-35-55-57(39-53)59(47-19-11-9-12-20-47)56-36-34-54(40-58(56)60(55)48-21-13-10-14-22-48)64(50-31-27-44(2)28-32-50)52-24-16-18-46(38-52)42-62(6,7)8/h9-40H,41-42H2,1-8H3. The number of hydrogen-bond donors (Lipinski definition) is 0. The molecular weight excluding hydrogens is 773 g/mol. The summed E-state index contributed by atoms with van der Waals surface area (Å²) in [7, 11) is 0. The highest BCUT2D eigenvalue weighted by atomic mass is 15.1.